The lowest BCUT2D eigenvalue weighted by atomic mass is 10.2. The summed E-state index contributed by atoms with van der Waals surface area (Å²) in [5.41, 5.74) is 0.558. The van der Waals surface area contributed by atoms with Crippen LogP contribution in [-0.2, 0) is 4.79 Å². The molecule has 4 heteroatoms. The Labute approximate surface area is 101 Å². The maximum atomic E-state index is 13.1. The summed E-state index contributed by atoms with van der Waals surface area (Å²) in [6.45, 7) is 3.97. The zero-order valence-corrected chi connectivity index (χ0v) is 10.2. The van der Waals surface area contributed by atoms with Crippen molar-refractivity contribution in [2.24, 2.45) is 0 Å². The summed E-state index contributed by atoms with van der Waals surface area (Å²) in [7, 11) is 0. The zero-order chi connectivity index (χ0) is 12.8. The molecule has 0 aliphatic carbocycles. The van der Waals surface area contributed by atoms with Crippen molar-refractivity contribution in [3.8, 4) is 0 Å². The Bertz CT molecular complexity index is 379. The molecule has 0 radical (unpaired) electrons. The minimum Gasteiger partial charge on any atom is -0.393 e. The van der Waals surface area contributed by atoms with E-state index in [1.165, 1.54) is 17.0 Å². The molecule has 1 amide bonds. The number of nitrogens with zero attached hydrogens (tertiary/aromatic N) is 1. The number of carbonyl (C=O) groups is 1. The summed E-state index contributed by atoms with van der Waals surface area (Å²) in [5, 5.41) is 9.14. The molecule has 1 atom stereocenters. The third kappa shape index (κ3) is 4.15. The summed E-state index contributed by atoms with van der Waals surface area (Å²) < 4.78 is 13.1. The Morgan fingerprint density at radius 2 is 2.24 bits per heavy atom. The van der Waals surface area contributed by atoms with Gasteiger partial charge in [-0.1, -0.05) is 6.07 Å². The number of halogens is 1. The molecule has 1 rings (SSSR count). The molecule has 94 valence electrons. The van der Waals surface area contributed by atoms with E-state index in [2.05, 4.69) is 0 Å². The van der Waals surface area contributed by atoms with Crippen LogP contribution in [0.4, 0.5) is 10.1 Å². The number of rotatable bonds is 5. The molecule has 1 N–H and O–H groups in total. The molecule has 0 heterocycles. The second-order valence-electron chi connectivity index (χ2n) is 4.01. The lowest BCUT2D eigenvalue weighted by molar-refractivity contribution is -0.119. The van der Waals surface area contributed by atoms with Crippen LogP contribution in [0, 0.1) is 5.82 Å². The minimum atomic E-state index is -0.495. The topological polar surface area (TPSA) is 40.5 Å². The summed E-state index contributed by atoms with van der Waals surface area (Å²) >= 11 is 0. The summed E-state index contributed by atoms with van der Waals surface area (Å²) in [4.78, 5) is 13.4. The van der Waals surface area contributed by atoms with E-state index < -0.39 is 6.10 Å². The number of hydrogen-bond acceptors (Lipinski definition) is 2. The van der Waals surface area contributed by atoms with Gasteiger partial charge in [-0.3, -0.25) is 4.79 Å². The van der Waals surface area contributed by atoms with Crippen molar-refractivity contribution in [2.45, 2.75) is 32.8 Å². The average molecular weight is 239 g/mol. The van der Waals surface area contributed by atoms with Crippen LogP contribution < -0.4 is 4.90 Å². The first kappa shape index (κ1) is 13.6. The molecule has 0 fully saturated rings. The van der Waals surface area contributed by atoms with Gasteiger partial charge in [0.2, 0.25) is 5.91 Å². The summed E-state index contributed by atoms with van der Waals surface area (Å²) in [6, 6.07) is 5.96. The molecule has 0 aromatic heterocycles. The van der Waals surface area contributed by atoms with Gasteiger partial charge in [-0.2, -0.15) is 0 Å². The normalized spacial score (nSPS) is 12.2. The van der Waals surface area contributed by atoms with Gasteiger partial charge in [0.05, 0.1) is 6.10 Å². The van der Waals surface area contributed by atoms with Crippen molar-refractivity contribution >= 4 is 11.6 Å². The monoisotopic (exact) mass is 239 g/mol. The van der Waals surface area contributed by atoms with Crippen molar-refractivity contribution in [1.82, 2.24) is 0 Å². The first-order valence-electron chi connectivity index (χ1n) is 5.78. The largest absolute Gasteiger partial charge is 0.393 e. The molecule has 0 aliphatic rings. The predicted molar refractivity (Wildman–Crippen MR) is 65.3 cm³/mol. The number of benzene rings is 1. The van der Waals surface area contributed by atoms with Gasteiger partial charge in [-0.05, 0) is 38.5 Å². The number of anilines is 1. The number of carbonyl (C=O) groups excluding carboxylic acids is 1. The van der Waals surface area contributed by atoms with E-state index in [0.29, 0.717) is 18.7 Å². The van der Waals surface area contributed by atoms with Crippen molar-refractivity contribution in [3.05, 3.63) is 30.1 Å². The maximum absolute atomic E-state index is 13.1. The second kappa shape index (κ2) is 6.35. The number of aliphatic hydroxyl groups excluding tert-OH is 1. The Balaban J connectivity index is 2.74. The van der Waals surface area contributed by atoms with E-state index in [1.54, 1.807) is 19.1 Å². The summed E-state index contributed by atoms with van der Waals surface area (Å²) in [5.74, 6) is -0.455. The van der Waals surface area contributed by atoms with E-state index in [1.807, 2.05) is 6.92 Å². The average Bonchev–Trinajstić information content (AvgIpc) is 2.27. The lowest BCUT2D eigenvalue weighted by Gasteiger charge is -2.21. The van der Waals surface area contributed by atoms with E-state index in [9.17, 15) is 9.18 Å². The molecule has 1 unspecified atom stereocenters. The highest BCUT2D eigenvalue weighted by molar-refractivity contribution is 5.93. The Morgan fingerprint density at radius 1 is 1.53 bits per heavy atom. The third-order valence-electron chi connectivity index (χ3n) is 2.51. The fourth-order valence-electron chi connectivity index (χ4n) is 1.61. The van der Waals surface area contributed by atoms with Crippen LogP contribution in [0.25, 0.3) is 0 Å². The molecule has 17 heavy (non-hydrogen) atoms. The van der Waals surface area contributed by atoms with E-state index in [4.69, 9.17) is 5.11 Å². The Hall–Kier alpha value is -1.42. The molecule has 0 bridgehead atoms. The highest BCUT2D eigenvalue weighted by Gasteiger charge is 2.14. The van der Waals surface area contributed by atoms with Gasteiger partial charge in [-0.25, -0.2) is 4.39 Å². The Morgan fingerprint density at radius 3 is 2.76 bits per heavy atom. The fourth-order valence-corrected chi connectivity index (χ4v) is 1.61. The van der Waals surface area contributed by atoms with Crippen LogP contribution >= 0.6 is 0 Å². The highest BCUT2D eigenvalue weighted by Crippen LogP contribution is 2.17. The molecule has 0 saturated heterocycles. The lowest BCUT2D eigenvalue weighted by Crippen LogP contribution is -2.31. The Kier molecular flexibility index (Phi) is 5.10. The van der Waals surface area contributed by atoms with Crippen LogP contribution in [0.1, 0.15) is 26.7 Å². The van der Waals surface area contributed by atoms with Crippen LogP contribution in [0.15, 0.2) is 24.3 Å². The molecule has 0 saturated carbocycles. The molecule has 0 aliphatic heterocycles. The van der Waals surface area contributed by atoms with Crippen molar-refractivity contribution in [1.29, 1.82) is 0 Å². The van der Waals surface area contributed by atoms with Crippen LogP contribution in [0.5, 0.6) is 0 Å². The van der Waals surface area contributed by atoms with Crippen LogP contribution in [-0.4, -0.2) is 23.7 Å². The number of hydrogen-bond donors (Lipinski definition) is 1. The highest BCUT2D eigenvalue weighted by atomic mass is 19.1. The van der Waals surface area contributed by atoms with Gasteiger partial charge in [-0.15, -0.1) is 0 Å². The maximum Gasteiger partial charge on any atom is 0.227 e. The molecular weight excluding hydrogens is 221 g/mol. The summed E-state index contributed by atoms with van der Waals surface area (Å²) in [6.07, 6.45) is 0.192. The van der Waals surface area contributed by atoms with Gasteiger partial charge < -0.3 is 10.0 Å². The van der Waals surface area contributed by atoms with Gasteiger partial charge in [0.25, 0.3) is 0 Å². The van der Waals surface area contributed by atoms with E-state index >= 15 is 0 Å². The van der Waals surface area contributed by atoms with Crippen molar-refractivity contribution in [2.75, 3.05) is 11.4 Å². The first-order valence-corrected chi connectivity index (χ1v) is 5.78. The van der Waals surface area contributed by atoms with Gasteiger partial charge in [0, 0.05) is 18.7 Å². The quantitative estimate of drug-likeness (QED) is 0.856. The van der Waals surface area contributed by atoms with Crippen LogP contribution in [0.2, 0.25) is 0 Å². The van der Waals surface area contributed by atoms with E-state index in [-0.39, 0.29) is 18.1 Å². The molecule has 0 spiro atoms. The van der Waals surface area contributed by atoms with Gasteiger partial charge in [0.1, 0.15) is 5.82 Å². The van der Waals surface area contributed by atoms with Crippen LogP contribution in [0.3, 0.4) is 0 Å². The third-order valence-corrected chi connectivity index (χ3v) is 2.51. The van der Waals surface area contributed by atoms with Crippen molar-refractivity contribution < 1.29 is 14.3 Å². The predicted octanol–water partition coefficient (Wildman–Crippen LogP) is 2.34. The second-order valence-corrected chi connectivity index (χ2v) is 4.01. The van der Waals surface area contributed by atoms with E-state index in [0.717, 1.165) is 0 Å². The van der Waals surface area contributed by atoms with Crippen molar-refractivity contribution in [3.63, 3.8) is 0 Å². The number of aliphatic hydroxyl groups is 1. The zero-order valence-electron chi connectivity index (χ0n) is 10.2. The first-order chi connectivity index (χ1) is 8.04. The number of amides is 1. The minimum absolute atomic E-state index is 0.0981. The standard InChI is InChI=1S/C13H18FNO2/c1-3-15(13(17)8-7-10(2)16)12-6-4-5-11(14)9-12/h4-6,9-10,16H,3,7-8H2,1-2H3. The van der Waals surface area contributed by atoms with Gasteiger partial charge in [0.15, 0.2) is 0 Å². The fraction of sp³-hybridized carbons (Fsp3) is 0.462. The molecule has 1 aromatic carbocycles. The van der Waals surface area contributed by atoms with Gasteiger partial charge >= 0.3 is 0 Å². The molecule has 3 nitrogen and oxygen atoms in total. The molecule has 1 aromatic rings. The smallest absolute Gasteiger partial charge is 0.227 e. The molecular formula is C13H18FNO2. The SMILES string of the molecule is CCN(C(=O)CCC(C)O)c1cccc(F)c1.